The van der Waals surface area contributed by atoms with Gasteiger partial charge in [0, 0.05) is 12.7 Å². The summed E-state index contributed by atoms with van der Waals surface area (Å²) in [4.78, 5) is 16.3. The molecule has 0 spiro atoms. The number of alkyl halides is 2. The van der Waals surface area contributed by atoms with E-state index in [4.69, 9.17) is 5.11 Å². The lowest BCUT2D eigenvalue weighted by molar-refractivity contribution is 0.0695. The molecular weight excluding hydrogens is 230 g/mol. The third-order valence-corrected chi connectivity index (χ3v) is 2.34. The van der Waals surface area contributed by atoms with Crippen molar-refractivity contribution in [3.8, 4) is 0 Å². The largest absolute Gasteiger partial charge is 0.478 e. The molecule has 0 aromatic carbocycles. The van der Waals surface area contributed by atoms with Crippen LogP contribution in [0.25, 0.3) is 0 Å². The molecular formula is C11H14F2N2O2. The van der Waals surface area contributed by atoms with Crippen molar-refractivity contribution in [1.29, 1.82) is 0 Å². The number of carboxylic acid groups (broad SMARTS) is 1. The van der Waals surface area contributed by atoms with E-state index in [2.05, 4.69) is 4.98 Å². The smallest absolute Gasteiger partial charge is 0.339 e. The lowest BCUT2D eigenvalue weighted by Gasteiger charge is -2.22. The van der Waals surface area contributed by atoms with E-state index in [1.54, 1.807) is 13.8 Å². The summed E-state index contributed by atoms with van der Waals surface area (Å²) in [5, 5.41) is 9.07. The van der Waals surface area contributed by atoms with Gasteiger partial charge in [0.05, 0.1) is 17.9 Å². The second-order valence-electron chi connectivity index (χ2n) is 3.82. The molecule has 94 valence electrons. The molecule has 0 fully saturated rings. The number of pyridine rings is 1. The van der Waals surface area contributed by atoms with Crippen LogP contribution in [0, 0.1) is 13.8 Å². The van der Waals surface area contributed by atoms with Gasteiger partial charge in [-0.05, 0) is 19.9 Å². The summed E-state index contributed by atoms with van der Waals surface area (Å²) in [6, 6.07) is 1.50. The maximum atomic E-state index is 12.3. The predicted octanol–water partition coefficient (Wildman–Crippen LogP) is 2.10. The highest BCUT2D eigenvalue weighted by molar-refractivity contribution is 5.95. The lowest BCUT2D eigenvalue weighted by Crippen LogP contribution is -2.26. The molecule has 0 atom stereocenters. The molecule has 1 aromatic rings. The van der Waals surface area contributed by atoms with Gasteiger partial charge in [0.1, 0.15) is 5.56 Å². The third-order valence-electron chi connectivity index (χ3n) is 2.34. The van der Waals surface area contributed by atoms with Crippen molar-refractivity contribution in [3.05, 3.63) is 23.0 Å². The quantitative estimate of drug-likeness (QED) is 0.881. The number of halogens is 2. The van der Waals surface area contributed by atoms with E-state index in [-0.39, 0.29) is 11.3 Å². The van der Waals surface area contributed by atoms with Gasteiger partial charge in [-0.1, -0.05) is 0 Å². The standard InChI is InChI=1S/C11H14F2N2O2/c1-6-4-8(15(3)5-9(12)13)10(11(16)17)7(2)14-6/h4,9H,5H2,1-3H3,(H,16,17). The van der Waals surface area contributed by atoms with Crippen molar-refractivity contribution in [3.63, 3.8) is 0 Å². The van der Waals surface area contributed by atoms with Crippen molar-refractivity contribution in [2.45, 2.75) is 20.3 Å². The molecule has 1 heterocycles. The first-order valence-electron chi connectivity index (χ1n) is 5.03. The summed E-state index contributed by atoms with van der Waals surface area (Å²) in [7, 11) is 1.44. The zero-order chi connectivity index (χ0) is 13.2. The number of aryl methyl sites for hydroxylation is 2. The fourth-order valence-electron chi connectivity index (χ4n) is 1.68. The van der Waals surface area contributed by atoms with E-state index in [0.29, 0.717) is 11.4 Å². The lowest BCUT2D eigenvalue weighted by atomic mass is 10.1. The minimum atomic E-state index is -2.52. The molecule has 0 amide bonds. The van der Waals surface area contributed by atoms with Crippen molar-refractivity contribution in [2.24, 2.45) is 0 Å². The Morgan fingerprint density at radius 1 is 1.53 bits per heavy atom. The van der Waals surface area contributed by atoms with Crippen molar-refractivity contribution in [1.82, 2.24) is 4.98 Å². The van der Waals surface area contributed by atoms with Gasteiger partial charge >= 0.3 is 5.97 Å². The maximum absolute atomic E-state index is 12.3. The van der Waals surface area contributed by atoms with E-state index in [0.717, 1.165) is 0 Å². The number of hydrogen-bond acceptors (Lipinski definition) is 3. The summed E-state index contributed by atoms with van der Waals surface area (Å²) < 4.78 is 24.6. The molecule has 0 unspecified atom stereocenters. The maximum Gasteiger partial charge on any atom is 0.339 e. The number of aromatic carboxylic acids is 1. The minimum absolute atomic E-state index is 0.0289. The topological polar surface area (TPSA) is 53.4 Å². The highest BCUT2D eigenvalue weighted by atomic mass is 19.3. The van der Waals surface area contributed by atoms with Crippen LogP contribution in [-0.2, 0) is 0 Å². The van der Waals surface area contributed by atoms with Crippen LogP contribution in [0.4, 0.5) is 14.5 Å². The summed E-state index contributed by atoms with van der Waals surface area (Å²) in [5.41, 5.74) is 1.17. The molecule has 6 heteroatoms. The first-order valence-corrected chi connectivity index (χ1v) is 5.03. The molecule has 0 aliphatic carbocycles. The molecule has 17 heavy (non-hydrogen) atoms. The van der Waals surface area contributed by atoms with Crippen molar-refractivity contribution in [2.75, 3.05) is 18.5 Å². The van der Waals surface area contributed by atoms with E-state index < -0.39 is 18.9 Å². The van der Waals surface area contributed by atoms with Crippen LogP contribution < -0.4 is 4.90 Å². The van der Waals surface area contributed by atoms with Gasteiger partial charge in [-0.2, -0.15) is 0 Å². The Labute approximate surface area is 97.9 Å². The highest BCUT2D eigenvalue weighted by Gasteiger charge is 2.19. The Morgan fingerprint density at radius 2 is 2.12 bits per heavy atom. The van der Waals surface area contributed by atoms with Gasteiger partial charge in [-0.25, -0.2) is 13.6 Å². The molecule has 0 saturated carbocycles. The highest BCUT2D eigenvalue weighted by Crippen LogP contribution is 2.23. The normalized spacial score (nSPS) is 10.7. The Kier molecular flexibility index (Phi) is 3.98. The summed E-state index contributed by atoms with van der Waals surface area (Å²) in [5.74, 6) is -1.16. The van der Waals surface area contributed by atoms with Gasteiger partial charge in [0.2, 0.25) is 0 Å². The molecule has 4 nitrogen and oxygen atoms in total. The molecule has 0 radical (unpaired) electrons. The van der Waals surface area contributed by atoms with Gasteiger partial charge in [0.25, 0.3) is 6.43 Å². The summed E-state index contributed by atoms with van der Waals surface area (Å²) >= 11 is 0. The molecule has 0 saturated heterocycles. The van der Waals surface area contributed by atoms with Gasteiger partial charge in [-0.15, -0.1) is 0 Å². The Balaban J connectivity index is 3.25. The van der Waals surface area contributed by atoms with Crippen LogP contribution in [0.3, 0.4) is 0 Å². The second-order valence-corrected chi connectivity index (χ2v) is 3.82. The van der Waals surface area contributed by atoms with E-state index in [1.165, 1.54) is 18.0 Å². The molecule has 0 bridgehead atoms. The van der Waals surface area contributed by atoms with Crippen LogP contribution in [0.2, 0.25) is 0 Å². The monoisotopic (exact) mass is 244 g/mol. The Bertz CT molecular complexity index is 436. The first kappa shape index (κ1) is 13.3. The number of nitrogens with zero attached hydrogens (tertiary/aromatic N) is 2. The summed E-state index contributed by atoms with van der Waals surface area (Å²) in [6.45, 7) is 2.73. The van der Waals surface area contributed by atoms with Crippen LogP contribution in [-0.4, -0.2) is 36.1 Å². The molecule has 1 N–H and O–H groups in total. The molecule has 1 aromatic heterocycles. The second kappa shape index (κ2) is 5.07. The van der Waals surface area contributed by atoms with Crippen LogP contribution in [0.1, 0.15) is 21.7 Å². The number of aromatic nitrogens is 1. The zero-order valence-corrected chi connectivity index (χ0v) is 9.87. The van der Waals surface area contributed by atoms with Gasteiger partial charge in [-0.3, -0.25) is 4.98 Å². The molecule has 1 rings (SSSR count). The number of anilines is 1. The van der Waals surface area contributed by atoms with E-state index >= 15 is 0 Å². The van der Waals surface area contributed by atoms with Crippen LogP contribution >= 0.6 is 0 Å². The zero-order valence-electron chi connectivity index (χ0n) is 9.87. The summed E-state index contributed by atoms with van der Waals surface area (Å²) in [6.07, 6.45) is -2.52. The van der Waals surface area contributed by atoms with Crippen molar-refractivity contribution < 1.29 is 18.7 Å². The average molecular weight is 244 g/mol. The number of hydrogen-bond donors (Lipinski definition) is 1. The van der Waals surface area contributed by atoms with Gasteiger partial charge in [0.15, 0.2) is 0 Å². The predicted molar refractivity (Wildman–Crippen MR) is 59.9 cm³/mol. The van der Waals surface area contributed by atoms with E-state index in [1.807, 2.05) is 0 Å². The van der Waals surface area contributed by atoms with Crippen LogP contribution in [0.5, 0.6) is 0 Å². The Morgan fingerprint density at radius 3 is 2.59 bits per heavy atom. The number of carboxylic acids is 1. The average Bonchev–Trinajstić information content (AvgIpc) is 2.14. The fraction of sp³-hybridized carbons (Fsp3) is 0.455. The Hall–Kier alpha value is -1.72. The van der Waals surface area contributed by atoms with E-state index in [9.17, 15) is 13.6 Å². The van der Waals surface area contributed by atoms with Crippen LogP contribution in [0.15, 0.2) is 6.07 Å². The minimum Gasteiger partial charge on any atom is -0.478 e. The van der Waals surface area contributed by atoms with Gasteiger partial charge < -0.3 is 10.0 Å². The molecule has 0 aliphatic heterocycles. The first-order chi connectivity index (χ1) is 7.82. The number of carbonyl (C=O) groups is 1. The third kappa shape index (κ3) is 3.12. The SMILES string of the molecule is Cc1cc(N(C)CC(F)F)c(C(=O)O)c(C)n1. The fourth-order valence-corrected chi connectivity index (χ4v) is 1.68. The number of rotatable bonds is 4. The van der Waals surface area contributed by atoms with Crippen molar-refractivity contribution >= 4 is 11.7 Å². The molecule has 0 aliphatic rings.